The van der Waals surface area contributed by atoms with Gasteiger partial charge >= 0.3 is 12.2 Å². The molecule has 4 amide bonds. The number of anilines is 2. The SMILES string of the molecule is CC(=O)Nc1nc(CCc2ccc(NC(NC(=O)O)NC(=O)O)cc2)c(CN2CCC[C@H](C(=O)N(C)C)C2)s1. The average Bonchev–Trinajstić information content (AvgIpc) is 3.22. The summed E-state index contributed by atoms with van der Waals surface area (Å²) in [5, 5.41) is 28.0. The lowest BCUT2D eigenvalue weighted by atomic mass is 9.96. The Bertz CT molecular complexity index is 1150. The summed E-state index contributed by atoms with van der Waals surface area (Å²) in [6, 6.07) is 7.19. The zero-order valence-corrected chi connectivity index (χ0v) is 23.0. The number of aromatic nitrogens is 1. The van der Waals surface area contributed by atoms with Crippen LogP contribution in [0.4, 0.5) is 20.4 Å². The molecule has 1 saturated heterocycles. The number of nitrogens with zero attached hydrogens (tertiary/aromatic N) is 3. The Morgan fingerprint density at radius 2 is 1.77 bits per heavy atom. The van der Waals surface area contributed by atoms with Gasteiger partial charge in [0.15, 0.2) is 11.4 Å². The number of amides is 4. The first-order chi connectivity index (χ1) is 18.5. The van der Waals surface area contributed by atoms with Crippen LogP contribution in [0.1, 0.15) is 35.9 Å². The monoisotopic (exact) mass is 561 g/mol. The molecule has 1 atom stereocenters. The Labute approximate surface area is 230 Å². The van der Waals surface area contributed by atoms with Gasteiger partial charge in [0.25, 0.3) is 0 Å². The number of carbonyl (C=O) groups excluding carboxylic acids is 2. The maximum Gasteiger partial charge on any atom is 0.407 e. The minimum atomic E-state index is -1.38. The fourth-order valence-corrected chi connectivity index (χ4v) is 5.52. The molecule has 0 unspecified atom stereocenters. The van der Waals surface area contributed by atoms with Crippen molar-refractivity contribution in [2.45, 2.75) is 45.4 Å². The van der Waals surface area contributed by atoms with Gasteiger partial charge in [-0.1, -0.05) is 12.1 Å². The molecule has 1 fully saturated rings. The normalized spacial score (nSPS) is 15.4. The number of rotatable bonds is 11. The quantitative estimate of drug-likeness (QED) is 0.225. The molecule has 2 heterocycles. The number of hydrogen-bond donors (Lipinski definition) is 6. The highest BCUT2D eigenvalue weighted by Crippen LogP contribution is 2.28. The fraction of sp³-hybridized carbons (Fsp3) is 0.480. The fourth-order valence-electron chi connectivity index (χ4n) is 4.43. The van der Waals surface area contributed by atoms with Gasteiger partial charge in [-0.3, -0.25) is 25.1 Å². The molecular formula is C25H35N7O6S. The molecule has 1 aliphatic rings. The summed E-state index contributed by atoms with van der Waals surface area (Å²) in [5.41, 5.74) is 2.42. The summed E-state index contributed by atoms with van der Waals surface area (Å²) in [6.07, 6.45) is -0.830. The van der Waals surface area contributed by atoms with Crippen LogP contribution in [-0.2, 0) is 29.0 Å². The van der Waals surface area contributed by atoms with Crippen molar-refractivity contribution in [2.24, 2.45) is 5.92 Å². The average molecular weight is 562 g/mol. The molecule has 0 spiro atoms. The summed E-state index contributed by atoms with van der Waals surface area (Å²) < 4.78 is 0. The van der Waals surface area contributed by atoms with Gasteiger partial charge in [0.1, 0.15) is 0 Å². The molecular weight excluding hydrogens is 526 g/mol. The van der Waals surface area contributed by atoms with Gasteiger partial charge in [-0.2, -0.15) is 0 Å². The molecule has 0 bridgehead atoms. The first kappa shape index (κ1) is 29.6. The van der Waals surface area contributed by atoms with Crippen molar-refractivity contribution in [3.63, 3.8) is 0 Å². The van der Waals surface area contributed by atoms with Gasteiger partial charge in [0.05, 0.1) is 11.6 Å². The van der Waals surface area contributed by atoms with Crippen molar-refractivity contribution < 1.29 is 29.4 Å². The standard InChI is InChI=1S/C25H35N7O6S/c1-15(33)26-23-28-19(20(39-23)14-32-12-4-5-17(13-32)21(34)31(2)3)11-8-16-6-9-18(10-7-16)27-22(29-24(35)36)30-25(37)38/h6-7,9-10,17,22,27,29-30H,4-5,8,11-14H2,1-3H3,(H,35,36)(H,37,38)(H,26,28,33)/t17-/m0/s1. The third kappa shape index (κ3) is 9.41. The molecule has 39 heavy (non-hydrogen) atoms. The summed E-state index contributed by atoms with van der Waals surface area (Å²) in [5.74, 6) is -0.0689. The molecule has 6 N–H and O–H groups in total. The van der Waals surface area contributed by atoms with Crippen LogP contribution in [0.3, 0.4) is 0 Å². The van der Waals surface area contributed by atoms with E-state index in [0.717, 1.165) is 35.5 Å². The minimum Gasteiger partial charge on any atom is -0.465 e. The second-order valence-electron chi connectivity index (χ2n) is 9.55. The maximum atomic E-state index is 12.5. The molecule has 13 nitrogen and oxygen atoms in total. The van der Waals surface area contributed by atoms with Crippen molar-refractivity contribution in [1.29, 1.82) is 0 Å². The van der Waals surface area contributed by atoms with E-state index in [4.69, 9.17) is 10.2 Å². The highest BCUT2D eigenvalue weighted by molar-refractivity contribution is 7.15. The second kappa shape index (κ2) is 13.8. The van der Waals surface area contributed by atoms with E-state index in [1.54, 1.807) is 31.1 Å². The number of carboxylic acid groups (broad SMARTS) is 2. The predicted octanol–water partition coefficient (Wildman–Crippen LogP) is 2.42. The van der Waals surface area contributed by atoms with E-state index in [1.807, 2.05) is 22.8 Å². The first-order valence-corrected chi connectivity index (χ1v) is 13.4. The van der Waals surface area contributed by atoms with Gasteiger partial charge < -0.3 is 25.7 Å². The molecule has 1 aromatic carbocycles. The smallest absolute Gasteiger partial charge is 0.407 e. The Balaban J connectivity index is 1.66. The lowest BCUT2D eigenvalue weighted by Gasteiger charge is -2.33. The zero-order valence-electron chi connectivity index (χ0n) is 22.2. The molecule has 1 aromatic heterocycles. The number of aryl methyl sites for hydroxylation is 2. The highest BCUT2D eigenvalue weighted by Gasteiger charge is 2.28. The van der Waals surface area contributed by atoms with E-state index in [1.165, 1.54) is 18.3 Å². The van der Waals surface area contributed by atoms with Crippen molar-refractivity contribution in [3.05, 3.63) is 40.4 Å². The van der Waals surface area contributed by atoms with E-state index in [-0.39, 0.29) is 17.7 Å². The number of carbonyl (C=O) groups is 4. The van der Waals surface area contributed by atoms with Crippen molar-refractivity contribution >= 4 is 46.2 Å². The highest BCUT2D eigenvalue weighted by atomic mass is 32.1. The molecule has 3 rings (SSSR count). The van der Waals surface area contributed by atoms with Crippen LogP contribution in [0.2, 0.25) is 0 Å². The number of benzene rings is 1. The van der Waals surface area contributed by atoms with Crippen LogP contribution in [0, 0.1) is 5.92 Å². The summed E-state index contributed by atoms with van der Waals surface area (Å²) in [4.78, 5) is 55.6. The van der Waals surface area contributed by atoms with Crippen molar-refractivity contribution in [2.75, 3.05) is 37.8 Å². The Kier molecular flexibility index (Phi) is 10.5. The van der Waals surface area contributed by atoms with Crippen LogP contribution in [0.5, 0.6) is 0 Å². The molecule has 14 heteroatoms. The number of piperidine rings is 1. The van der Waals surface area contributed by atoms with Crippen LogP contribution >= 0.6 is 11.3 Å². The van der Waals surface area contributed by atoms with Crippen LogP contribution < -0.4 is 21.3 Å². The predicted molar refractivity (Wildman–Crippen MR) is 147 cm³/mol. The Morgan fingerprint density at radius 3 is 2.36 bits per heavy atom. The lowest BCUT2D eigenvalue weighted by Crippen LogP contribution is -2.52. The molecule has 0 saturated carbocycles. The Hall–Kier alpha value is -3.91. The van der Waals surface area contributed by atoms with Gasteiger partial charge in [-0.05, 0) is 49.9 Å². The summed E-state index contributed by atoms with van der Waals surface area (Å²) in [7, 11) is 3.56. The first-order valence-electron chi connectivity index (χ1n) is 12.5. The molecule has 2 aromatic rings. The van der Waals surface area contributed by atoms with Crippen LogP contribution in [0.15, 0.2) is 24.3 Å². The van der Waals surface area contributed by atoms with Gasteiger partial charge in [0, 0.05) is 44.7 Å². The number of thiazole rings is 1. The van der Waals surface area contributed by atoms with Crippen LogP contribution in [0.25, 0.3) is 0 Å². The number of likely N-dealkylation sites (tertiary alicyclic amines) is 1. The van der Waals surface area contributed by atoms with Gasteiger partial charge in [0.2, 0.25) is 11.8 Å². The molecule has 212 valence electrons. The van der Waals surface area contributed by atoms with Gasteiger partial charge in [-0.25, -0.2) is 14.6 Å². The zero-order chi connectivity index (χ0) is 28.5. The van der Waals surface area contributed by atoms with Gasteiger partial charge in [-0.15, -0.1) is 11.3 Å². The lowest BCUT2D eigenvalue weighted by molar-refractivity contribution is -0.134. The van der Waals surface area contributed by atoms with E-state index in [9.17, 15) is 19.2 Å². The molecule has 0 radical (unpaired) electrons. The minimum absolute atomic E-state index is 0.0249. The van der Waals surface area contributed by atoms with Crippen LogP contribution in [-0.4, -0.2) is 82.5 Å². The summed E-state index contributed by atoms with van der Waals surface area (Å²) in [6.45, 7) is 3.68. The van der Waals surface area contributed by atoms with Crippen molar-refractivity contribution in [3.8, 4) is 0 Å². The van der Waals surface area contributed by atoms with E-state index in [0.29, 0.717) is 36.8 Å². The number of nitrogens with one attached hydrogen (secondary N) is 4. The largest absolute Gasteiger partial charge is 0.465 e. The van der Waals surface area contributed by atoms with E-state index >= 15 is 0 Å². The Morgan fingerprint density at radius 1 is 1.10 bits per heavy atom. The third-order valence-electron chi connectivity index (χ3n) is 6.17. The van der Waals surface area contributed by atoms with E-state index in [2.05, 4.69) is 20.5 Å². The second-order valence-corrected chi connectivity index (χ2v) is 10.6. The summed E-state index contributed by atoms with van der Waals surface area (Å²) >= 11 is 1.45. The topological polar surface area (TPSA) is 176 Å². The van der Waals surface area contributed by atoms with E-state index < -0.39 is 18.5 Å². The van der Waals surface area contributed by atoms with Crippen molar-refractivity contribution in [1.82, 2.24) is 25.4 Å². The number of hydrogen-bond acceptors (Lipinski definition) is 8. The molecule has 0 aliphatic carbocycles. The molecule has 1 aliphatic heterocycles. The maximum absolute atomic E-state index is 12.5. The third-order valence-corrected chi connectivity index (χ3v) is 7.17.